The van der Waals surface area contributed by atoms with E-state index in [4.69, 9.17) is 5.73 Å². The number of benzene rings is 3. The van der Waals surface area contributed by atoms with Crippen LogP contribution in [0, 0.1) is 0 Å². The van der Waals surface area contributed by atoms with Crippen LogP contribution in [0.5, 0.6) is 5.75 Å². The second-order valence-electron chi connectivity index (χ2n) is 11.5. The number of phenols is 1. The molecule has 5 N–H and O–H groups in total. The van der Waals surface area contributed by atoms with Crippen molar-refractivity contribution in [1.82, 2.24) is 25.1 Å². The van der Waals surface area contributed by atoms with Gasteiger partial charge in [-0.2, -0.15) is 0 Å². The Morgan fingerprint density at radius 1 is 1.04 bits per heavy atom. The number of rotatable bonds is 9. The van der Waals surface area contributed by atoms with Crippen molar-refractivity contribution >= 4 is 51.0 Å². The number of carbonyl (C=O) groups is 4. The van der Waals surface area contributed by atoms with E-state index >= 15 is 0 Å². The summed E-state index contributed by atoms with van der Waals surface area (Å²) >= 11 is 1.51. The highest BCUT2D eigenvalue weighted by molar-refractivity contribution is 7.17. The van der Waals surface area contributed by atoms with Gasteiger partial charge in [-0.3, -0.25) is 9.59 Å². The summed E-state index contributed by atoms with van der Waals surface area (Å²) in [5.41, 5.74) is 8.40. The van der Waals surface area contributed by atoms with Crippen LogP contribution >= 0.6 is 11.3 Å². The first kappa shape index (κ1) is 31.6. The molecule has 12 nitrogen and oxygen atoms in total. The van der Waals surface area contributed by atoms with E-state index in [1.165, 1.54) is 21.2 Å². The van der Waals surface area contributed by atoms with Crippen LogP contribution in [0.1, 0.15) is 16.7 Å². The van der Waals surface area contributed by atoms with Crippen LogP contribution in [0.2, 0.25) is 0 Å². The third-order valence-electron chi connectivity index (χ3n) is 8.31. The molecular formula is C34H35N7O5S. The lowest BCUT2D eigenvalue weighted by Gasteiger charge is -2.55. The summed E-state index contributed by atoms with van der Waals surface area (Å²) in [5.74, 6) is -0.438. The van der Waals surface area contributed by atoms with Crippen molar-refractivity contribution in [3.63, 3.8) is 0 Å². The molecule has 3 aromatic carbocycles. The number of hydrogen-bond donors (Lipinski definition) is 4. The Balaban J connectivity index is 1.36. The number of anilines is 1. The molecule has 13 heteroatoms. The third-order valence-corrected chi connectivity index (χ3v) is 9.32. The number of piperazine rings is 1. The summed E-state index contributed by atoms with van der Waals surface area (Å²) in [6.07, 6.45) is 1.02. The van der Waals surface area contributed by atoms with Gasteiger partial charge < -0.3 is 31.3 Å². The maximum atomic E-state index is 14.3. The van der Waals surface area contributed by atoms with Gasteiger partial charge >= 0.3 is 12.1 Å². The number of phenolic OH excluding ortho intramolecular Hbond substituents is 1. The summed E-state index contributed by atoms with van der Waals surface area (Å²) in [6.45, 7) is 4.54. The van der Waals surface area contributed by atoms with Crippen LogP contribution in [-0.2, 0) is 29.1 Å². The average molecular weight is 654 g/mol. The maximum absolute atomic E-state index is 14.3. The minimum absolute atomic E-state index is 0.0691. The van der Waals surface area contributed by atoms with E-state index in [2.05, 4.69) is 17.2 Å². The van der Waals surface area contributed by atoms with Crippen LogP contribution in [0.25, 0.3) is 10.1 Å². The van der Waals surface area contributed by atoms with Crippen molar-refractivity contribution in [3.8, 4) is 5.75 Å². The normalized spacial score (nSPS) is 18.3. The highest BCUT2D eigenvalue weighted by Gasteiger charge is 2.51. The molecule has 6 rings (SSSR count). The zero-order valence-corrected chi connectivity index (χ0v) is 26.4. The number of nitrogens with one attached hydrogen (secondary N) is 2. The number of carbonyl (C=O) groups excluding carboxylic acids is 4. The molecule has 2 saturated heterocycles. The molecule has 6 amide bonds. The number of amides is 6. The van der Waals surface area contributed by atoms with E-state index in [0.717, 1.165) is 26.8 Å². The number of hydrogen-bond acceptors (Lipinski definition) is 7. The van der Waals surface area contributed by atoms with E-state index in [-0.39, 0.29) is 56.7 Å². The van der Waals surface area contributed by atoms with Gasteiger partial charge in [0.25, 0.3) is 0 Å². The van der Waals surface area contributed by atoms with Gasteiger partial charge in [0.05, 0.1) is 13.1 Å². The summed E-state index contributed by atoms with van der Waals surface area (Å²) in [7, 11) is 0. The number of nitrogens with zero attached hydrogens (tertiary/aromatic N) is 4. The first-order valence-electron chi connectivity index (χ1n) is 15.1. The van der Waals surface area contributed by atoms with E-state index in [1.807, 2.05) is 47.8 Å². The van der Waals surface area contributed by atoms with Gasteiger partial charge in [0.2, 0.25) is 11.8 Å². The Labute approximate surface area is 275 Å². The SMILES string of the molecule is C=CCN1CC(=O)N2[C@@H](Cc3ccc(O)cc3)C(=O)N(Cc3csc4ccc(NC(N)=O)cc34)C[C@@H]2N1C(=O)NCc1ccccc1. The summed E-state index contributed by atoms with van der Waals surface area (Å²) < 4.78 is 0.966. The number of primary amides is 1. The molecule has 0 bridgehead atoms. The van der Waals surface area contributed by atoms with Crippen LogP contribution in [0.3, 0.4) is 0 Å². The van der Waals surface area contributed by atoms with Gasteiger partial charge in [0.15, 0.2) is 0 Å². The fourth-order valence-corrected chi connectivity index (χ4v) is 7.12. The molecule has 2 fully saturated rings. The topological polar surface area (TPSA) is 152 Å². The van der Waals surface area contributed by atoms with Crippen molar-refractivity contribution in [2.45, 2.75) is 31.7 Å². The number of urea groups is 2. The van der Waals surface area contributed by atoms with Crippen LogP contribution < -0.4 is 16.4 Å². The molecule has 2 atom stereocenters. The molecule has 0 saturated carbocycles. The largest absolute Gasteiger partial charge is 0.508 e. The standard InChI is InChI=1S/C34H35N7O5S/c1-2-14-39-20-31(43)40-28(15-22-8-11-26(42)12-9-22)32(44)38(18-24-21-47-29-13-10-25(16-27(24)29)37-33(35)45)19-30(40)41(39)34(46)36-17-23-6-4-3-5-7-23/h2-13,16,21,28,30,42H,1,14-15,17-20H2,(H,36,46)(H3,35,37,45)/t28-,30-/m0/s1. The van der Waals surface area contributed by atoms with E-state index in [0.29, 0.717) is 5.69 Å². The number of aromatic hydroxyl groups is 1. The van der Waals surface area contributed by atoms with Gasteiger partial charge in [-0.15, -0.1) is 17.9 Å². The molecule has 0 aliphatic carbocycles. The summed E-state index contributed by atoms with van der Waals surface area (Å²) in [5, 5.41) is 21.5. The maximum Gasteiger partial charge on any atom is 0.334 e. The number of fused-ring (bicyclic) bond motifs is 2. The first-order valence-corrected chi connectivity index (χ1v) is 16.0. The second kappa shape index (κ2) is 13.5. The fourth-order valence-electron chi connectivity index (χ4n) is 6.18. The van der Waals surface area contributed by atoms with Crippen LogP contribution in [0.4, 0.5) is 15.3 Å². The Morgan fingerprint density at radius 2 is 1.81 bits per heavy atom. The lowest BCUT2D eigenvalue weighted by molar-refractivity contribution is -0.189. The van der Waals surface area contributed by atoms with Gasteiger partial charge in [-0.05, 0) is 57.8 Å². The third kappa shape index (κ3) is 6.76. The highest BCUT2D eigenvalue weighted by atomic mass is 32.1. The van der Waals surface area contributed by atoms with Crippen molar-refractivity contribution in [1.29, 1.82) is 0 Å². The van der Waals surface area contributed by atoms with Gasteiger partial charge in [-0.25, -0.2) is 19.6 Å². The molecule has 0 radical (unpaired) electrons. The monoisotopic (exact) mass is 653 g/mol. The lowest BCUT2D eigenvalue weighted by atomic mass is 9.98. The molecule has 242 valence electrons. The Bertz CT molecular complexity index is 1810. The van der Waals surface area contributed by atoms with Gasteiger partial charge in [-0.1, -0.05) is 48.5 Å². The molecule has 0 unspecified atom stereocenters. The molecular weight excluding hydrogens is 618 g/mol. The number of thiophene rings is 1. The van der Waals surface area contributed by atoms with Crippen molar-refractivity contribution in [3.05, 3.63) is 108 Å². The Hall–Kier alpha value is -5.40. The highest BCUT2D eigenvalue weighted by Crippen LogP contribution is 2.33. The number of nitrogens with two attached hydrogens (primary N) is 1. The fraction of sp³-hybridized carbons (Fsp3) is 0.235. The number of hydrazine groups is 1. The zero-order valence-electron chi connectivity index (χ0n) is 25.5. The van der Waals surface area contributed by atoms with Crippen molar-refractivity contribution in [2.75, 3.05) is 25.0 Å². The predicted octanol–water partition coefficient (Wildman–Crippen LogP) is 3.83. The van der Waals surface area contributed by atoms with Crippen molar-refractivity contribution < 1.29 is 24.3 Å². The van der Waals surface area contributed by atoms with Crippen molar-refractivity contribution in [2.24, 2.45) is 5.73 Å². The molecule has 1 aromatic heterocycles. The average Bonchev–Trinajstić information content (AvgIpc) is 3.45. The molecule has 2 aliphatic heterocycles. The summed E-state index contributed by atoms with van der Waals surface area (Å²) in [4.78, 5) is 56.8. The zero-order chi connectivity index (χ0) is 33.1. The Morgan fingerprint density at radius 3 is 2.53 bits per heavy atom. The molecule has 4 aromatic rings. The lowest BCUT2D eigenvalue weighted by Crippen LogP contribution is -2.76. The van der Waals surface area contributed by atoms with Crippen LogP contribution in [0.15, 0.2) is 90.8 Å². The van der Waals surface area contributed by atoms with E-state index in [1.54, 1.807) is 46.3 Å². The van der Waals surface area contributed by atoms with Crippen LogP contribution in [-0.4, -0.2) is 80.6 Å². The minimum atomic E-state index is -0.905. The summed E-state index contributed by atoms with van der Waals surface area (Å²) in [6, 6.07) is 19.5. The predicted molar refractivity (Wildman–Crippen MR) is 179 cm³/mol. The van der Waals surface area contributed by atoms with Gasteiger partial charge in [0, 0.05) is 36.4 Å². The van der Waals surface area contributed by atoms with Gasteiger partial charge in [0.1, 0.15) is 18.0 Å². The smallest absolute Gasteiger partial charge is 0.334 e. The van der Waals surface area contributed by atoms with E-state index in [9.17, 15) is 24.3 Å². The molecule has 2 aliphatic rings. The Kier molecular flexibility index (Phi) is 9.09. The van der Waals surface area contributed by atoms with E-state index < -0.39 is 24.3 Å². The second-order valence-corrected chi connectivity index (χ2v) is 12.4. The quantitative estimate of drug-likeness (QED) is 0.202. The molecule has 0 spiro atoms. The molecule has 47 heavy (non-hydrogen) atoms. The molecule has 3 heterocycles. The first-order chi connectivity index (χ1) is 22.7. The minimum Gasteiger partial charge on any atom is -0.508 e.